The summed E-state index contributed by atoms with van der Waals surface area (Å²) in [5.74, 6) is 0.0707. The van der Waals surface area contributed by atoms with Crippen LogP contribution < -0.4 is 0 Å². The van der Waals surface area contributed by atoms with Crippen molar-refractivity contribution in [2.75, 3.05) is 6.61 Å². The van der Waals surface area contributed by atoms with Crippen LogP contribution in [0.1, 0.15) is 23.9 Å². The van der Waals surface area contributed by atoms with Gasteiger partial charge in [0, 0.05) is 4.88 Å². The van der Waals surface area contributed by atoms with Gasteiger partial charge in [0.15, 0.2) is 0 Å². The fourth-order valence-corrected chi connectivity index (χ4v) is 3.83. The van der Waals surface area contributed by atoms with E-state index in [0.717, 1.165) is 34.0 Å². The molecular weight excluding hydrogens is 286 g/mol. The van der Waals surface area contributed by atoms with E-state index in [-0.39, 0.29) is 17.6 Å². The molecule has 0 saturated carbocycles. The number of esters is 1. The minimum atomic E-state index is -0.111. The first-order valence-corrected chi connectivity index (χ1v) is 7.94. The topological polar surface area (TPSA) is 59.4 Å². The minimum absolute atomic E-state index is 0.0601. The summed E-state index contributed by atoms with van der Waals surface area (Å²) >= 11 is 1.56. The molecule has 1 heterocycles. The van der Waals surface area contributed by atoms with Crippen molar-refractivity contribution < 1.29 is 14.6 Å². The van der Waals surface area contributed by atoms with Gasteiger partial charge in [-0.1, -0.05) is 12.1 Å². The maximum atomic E-state index is 11.9. The third-order valence-electron chi connectivity index (χ3n) is 3.69. The third kappa shape index (κ3) is 2.78. The first-order valence-electron chi connectivity index (χ1n) is 7.12. The van der Waals surface area contributed by atoms with E-state index in [1.165, 1.54) is 0 Å². The predicted molar refractivity (Wildman–Crippen MR) is 81.4 cm³/mol. The molecule has 0 amide bonds. The van der Waals surface area contributed by atoms with Gasteiger partial charge in [-0.2, -0.15) is 0 Å². The Bertz CT molecular complexity index is 665. The quantitative estimate of drug-likeness (QED) is 0.885. The predicted octanol–water partition coefficient (Wildman–Crippen LogP) is 3.18. The number of thiazole rings is 1. The van der Waals surface area contributed by atoms with Crippen LogP contribution in [0.25, 0.3) is 10.6 Å². The first-order chi connectivity index (χ1) is 10.2. The molecule has 0 spiro atoms. The number of ether oxygens (including phenoxy) is 1. The molecule has 0 bridgehead atoms. The van der Waals surface area contributed by atoms with E-state index in [1.54, 1.807) is 23.5 Å². The molecule has 21 heavy (non-hydrogen) atoms. The van der Waals surface area contributed by atoms with Crippen molar-refractivity contribution in [1.29, 1.82) is 0 Å². The number of aromatic hydroxyl groups is 1. The number of aromatic nitrogens is 1. The maximum absolute atomic E-state index is 11.9. The standard InChI is InChI=1S/C16H17NO3S/c1-2-20-16(19)10-7-8-12-14(9-10)21-15(17-12)11-5-3-4-6-13(11)18/h3-6,10,18H,2,7-9H2,1H3. The smallest absolute Gasteiger partial charge is 0.309 e. The van der Waals surface area contributed by atoms with E-state index in [4.69, 9.17) is 4.74 Å². The lowest BCUT2D eigenvalue weighted by molar-refractivity contribution is -0.148. The Kier molecular flexibility index (Phi) is 3.92. The lowest BCUT2D eigenvalue weighted by Gasteiger charge is -2.19. The average molecular weight is 303 g/mol. The van der Waals surface area contributed by atoms with E-state index < -0.39 is 0 Å². The van der Waals surface area contributed by atoms with Crippen molar-refractivity contribution in [2.24, 2.45) is 5.92 Å². The Morgan fingerprint density at radius 2 is 2.29 bits per heavy atom. The Labute approximate surface area is 127 Å². The van der Waals surface area contributed by atoms with Crippen LogP contribution >= 0.6 is 11.3 Å². The second-order valence-electron chi connectivity index (χ2n) is 5.10. The highest BCUT2D eigenvalue weighted by molar-refractivity contribution is 7.15. The summed E-state index contributed by atoms with van der Waals surface area (Å²) in [7, 11) is 0. The van der Waals surface area contributed by atoms with Crippen LogP contribution in [-0.4, -0.2) is 22.7 Å². The zero-order valence-corrected chi connectivity index (χ0v) is 12.7. The molecule has 0 aliphatic heterocycles. The molecule has 0 fully saturated rings. The van der Waals surface area contributed by atoms with Crippen molar-refractivity contribution in [3.63, 3.8) is 0 Å². The molecule has 1 N–H and O–H groups in total. The first kappa shape index (κ1) is 14.1. The van der Waals surface area contributed by atoms with Gasteiger partial charge in [0.25, 0.3) is 0 Å². The summed E-state index contributed by atoms with van der Waals surface area (Å²) in [6, 6.07) is 7.21. The number of phenols is 1. The van der Waals surface area contributed by atoms with Crippen molar-refractivity contribution in [2.45, 2.75) is 26.2 Å². The molecule has 1 unspecified atom stereocenters. The molecule has 1 aliphatic carbocycles. The molecule has 5 heteroatoms. The molecule has 1 atom stereocenters. The van der Waals surface area contributed by atoms with Gasteiger partial charge in [-0.15, -0.1) is 11.3 Å². The van der Waals surface area contributed by atoms with Gasteiger partial charge in [-0.25, -0.2) is 4.98 Å². The SMILES string of the molecule is CCOC(=O)C1CCc2nc(-c3ccccc3O)sc2C1. The number of carbonyl (C=O) groups is 1. The summed E-state index contributed by atoms with van der Waals surface area (Å²) in [5.41, 5.74) is 1.81. The third-order valence-corrected chi connectivity index (χ3v) is 4.85. The van der Waals surface area contributed by atoms with E-state index in [9.17, 15) is 9.90 Å². The Morgan fingerprint density at radius 1 is 1.48 bits per heavy atom. The number of para-hydroxylation sites is 1. The maximum Gasteiger partial charge on any atom is 0.309 e. The largest absolute Gasteiger partial charge is 0.507 e. The van der Waals surface area contributed by atoms with Gasteiger partial charge < -0.3 is 9.84 Å². The molecule has 2 aromatic rings. The van der Waals surface area contributed by atoms with Gasteiger partial charge in [-0.05, 0) is 38.3 Å². The highest BCUT2D eigenvalue weighted by atomic mass is 32.1. The molecular formula is C16H17NO3S. The van der Waals surface area contributed by atoms with Crippen LogP contribution in [0, 0.1) is 5.92 Å². The number of rotatable bonds is 3. The highest BCUT2D eigenvalue weighted by Gasteiger charge is 2.28. The van der Waals surface area contributed by atoms with Crippen LogP contribution in [0.15, 0.2) is 24.3 Å². The number of aryl methyl sites for hydroxylation is 1. The number of benzene rings is 1. The van der Waals surface area contributed by atoms with Crippen LogP contribution in [-0.2, 0) is 22.4 Å². The number of phenolic OH excluding ortho intramolecular Hbond substituents is 1. The fraction of sp³-hybridized carbons (Fsp3) is 0.375. The highest BCUT2D eigenvalue weighted by Crippen LogP contribution is 2.37. The molecule has 4 nitrogen and oxygen atoms in total. The monoisotopic (exact) mass is 303 g/mol. The average Bonchev–Trinajstić information content (AvgIpc) is 2.90. The van der Waals surface area contributed by atoms with Crippen LogP contribution in [0.2, 0.25) is 0 Å². The Morgan fingerprint density at radius 3 is 3.05 bits per heavy atom. The molecule has 110 valence electrons. The Hall–Kier alpha value is -1.88. The second-order valence-corrected chi connectivity index (χ2v) is 6.18. The van der Waals surface area contributed by atoms with Gasteiger partial charge in [0.2, 0.25) is 0 Å². The van der Waals surface area contributed by atoms with Crippen molar-refractivity contribution in [3.05, 3.63) is 34.8 Å². The zero-order valence-electron chi connectivity index (χ0n) is 11.8. The molecule has 1 aliphatic rings. The molecule has 0 radical (unpaired) electrons. The number of nitrogens with zero attached hydrogens (tertiary/aromatic N) is 1. The summed E-state index contributed by atoms with van der Waals surface area (Å²) in [6.07, 6.45) is 2.28. The molecule has 3 rings (SSSR count). The van der Waals surface area contributed by atoms with Gasteiger partial charge >= 0.3 is 5.97 Å². The number of carbonyl (C=O) groups excluding carboxylic acids is 1. The minimum Gasteiger partial charge on any atom is -0.507 e. The normalized spacial score (nSPS) is 17.3. The van der Waals surface area contributed by atoms with Crippen LogP contribution in [0.5, 0.6) is 5.75 Å². The van der Waals surface area contributed by atoms with Gasteiger partial charge in [-0.3, -0.25) is 4.79 Å². The van der Waals surface area contributed by atoms with Gasteiger partial charge in [0.05, 0.1) is 23.8 Å². The summed E-state index contributed by atoms with van der Waals surface area (Å²) in [4.78, 5) is 17.6. The van der Waals surface area contributed by atoms with E-state index in [1.807, 2.05) is 19.1 Å². The van der Waals surface area contributed by atoms with Gasteiger partial charge in [0.1, 0.15) is 10.8 Å². The summed E-state index contributed by atoms with van der Waals surface area (Å²) < 4.78 is 5.11. The van der Waals surface area contributed by atoms with Crippen molar-refractivity contribution >= 4 is 17.3 Å². The zero-order chi connectivity index (χ0) is 14.8. The van der Waals surface area contributed by atoms with Crippen LogP contribution in [0.3, 0.4) is 0 Å². The van der Waals surface area contributed by atoms with E-state index in [2.05, 4.69) is 4.98 Å². The lowest BCUT2D eigenvalue weighted by atomic mass is 9.91. The number of hydrogen-bond donors (Lipinski definition) is 1. The van der Waals surface area contributed by atoms with Crippen molar-refractivity contribution in [3.8, 4) is 16.3 Å². The lowest BCUT2D eigenvalue weighted by Crippen LogP contribution is -2.24. The fourth-order valence-electron chi connectivity index (χ4n) is 2.61. The summed E-state index contributed by atoms with van der Waals surface area (Å²) in [5, 5.41) is 10.7. The van der Waals surface area contributed by atoms with E-state index >= 15 is 0 Å². The molecule has 1 aromatic carbocycles. The Balaban J connectivity index is 1.85. The molecule has 1 aromatic heterocycles. The number of hydrogen-bond acceptors (Lipinski definition) is 5. The molecule has 0 saturated heterocycles. The second kappa shape index (κ2) is 5.85. The summed E-state index contributed by atoms with van der Waals surface area (Å²) in [6.45, 7) is 2.25. The van der Waals surface area contributed by atoms with Crippen molar-refractivity contribution in [1.82, 2.24) is 4.98 Å². The van der Waals surface area contributed by atoms with E-state index in [0.29, 0.717) is 13.0 Å². The van der Waals surface area contributed by atoms with Crippen LogP contribution in [0.4, 0.5) is 0 Å². The number of fused-ring (bicyclic) bond motifs is 1.